The molecule has 0 atom stereocenters. The van der Waals surface area contributed by atoms with E-state index in [2.05, 4.69) is 10.6 Å². The van der Waals surface area contributed by atoms with Gasteiger partial charge in [-0.2, -0.15) is 0 Å². The molecular formula is C13H19F2N3O2. The Labute approximate surface area is 116 Å². The lowest BCUT2D eigenvalue weighted by Gasteiger charge is -2.12. The van der Waals surface area contributed by atoms with Gasteiger partial charge in [0, 0.05) is 43.6 Å². The molecule has 7 heteroatoms. The van der Waals surface area contributed by atoms with Crippen molar-refractivity contribution in [2.75, 3.05) is 37.9 Å². The van der Waals surface area contributed by atoms with E-state index in [0.717, 1.165) is 0 Å². The van der Waals surface area contributed by atoms with Gasteiger partial charge in [0.25, 0.3) is 6.43 Å². The molecule has 112 valence electrons. The highest BCUT2D eigenvalue weighted by Crippen LogP contribution is 2.28. The summed E-state index contributed by atoms with van der Waals surface area (Å²) >= 11 is 0. The third kappa shape index (κ3) is 5.40. The van der Waals surface area contributed by atoms with E-state index in [9.17, 15) is 13.6 Å². The quantitative estimate of drug-likeness (QED) is 0.503. The van der Waals surface area contributed by atoms with Gasteiger partial charge in [-0.1, -0.05) is 0 Å². The highest BCUT2D eigenvalue weighted by atomic mass is 19.3. The third-order valence-electron chi connectivity index (χ3n) is 2.61. The summed E-state index contributed by atoms with van der Waals surface area (Å²) in [6.07, 6.45) is -2.42. The first-order valence-electron chi connectivity index (χ1n) is 6.21. The molecule has 0 unspecified atom stereocenters. The number of benzene rings is 1. The fourth-order valence-corrected chi connectivity index (χ4v) is 1.61. The largest absolute Gasteiger partial charge is 0.399 e. The first kappa shape index (κ1) is 16.2. The van der Waals surface area contributed by atoms with E-state index in [4.69, 9.17) is 10.5 Å². The maximum atomic E-state index is 12.8. The van der Waals surface area contributed by atoms with Crippen molar-refractivity contribution in [1.82, 2.24) is 5.32 Å². The van der Waals surface area contributed by atoms with Crippen molar-refractivity contribution < 1.29 is 18.3 Å². The van der Waals surface area contributed by atoms with Crippen LogP contribution in [0.25, 0.3) is 0 Å². The zero-order chi connectivity index (χ0) is 15.0. The van der Waals surface area contributed by atoms with Crippen molar-refractivity contribution in [2.24, 2.45) is 0 Å². The van der Waals surface area contributed by atoms with Gasteiger partial charge in [0.1, 0.15) is 0 Å². The number of nitrogens with two attached hydrogens (primary N) is 1. The average Bonchev–Trinajstić information content (AvgIpc) is 2.40. The summed E-state index contributed by atoms with van der Waals surface area (Å²) in [7, 11) is 1.54. The van der Waals surface area contributed by atoms with Crippen LogP contribution in [0.15, 0.2) is 18.2 Å². The van der Waals surface area contributed by atoms with Crippen molar-refractivity contribution in [3.05, 3.63) is 23.8 Å². The standard InChI is InChI=1S/C13H19F2N3O2/c1-20-7-6-18-12(19)4-5-17-11-3-2-9(16)8-10(11)13(14)15/h2-3,8,13,17H,4-7,16H2,1H3,(H,18,19). The Balaban J connectivity index is 2.44. The molecule has 0 aromatic heterocycles. The SMILES string of the molecule is COCCNC(=O)CCNc1ccc(N)cc1C(F)F. The van der Waals surface area contributed by atoms with Gasteiger partial charge in [0.15, 0.2) is 0 Å². The van der Waals surface area contributed by atoms with Crippen LogP contribution in [0.4, 0.5) is 20.2 Å². The summed E-state index contributed by atoms with van der Waals surface area (Å²) < 4.78 is 30.4. The number of anilines is 2. The maximum absolute atomic E-state index is 12.8. The average molecular weight is 287 g/mol. The van der Waals surface area contributed by atoms with Crippen molar-refractivity contribution in [3.8, 4) is 0 Å². The lowest BCUT2D eigenvalue weighted by molar-refractivity contribution is -0.121. The monoisotopic (exact) mass is 287 g/mol. The smallest absolute Gasteiger partial charge is 0.265 e. The Morgan fingerprint density at radius 1 is 1.40 bits per heavy atom. The number of carbonyl (C=O) groups excluding carboxylic acids is 1. The lowest BCUT2D eigenvalue weighted by atomic mass is 10.1. The Bertz CT molecular complexity index is 442. The second kappa shape index (κ2) is 8.31. The molecule has 1 amide bonds. The fourth-order valence-electron chi connectivity index (χ4n) is 1.61. The van der Waals surface area contributed by atoms with Crippen LogP contribution in [-0.4, -0.2) is 32.7 Å². The molecule has 0 aliphatic rings. The van der Waals surface area contributed by atoms with Gasteiger partial charge < -0.3 is 21.1 Å². The molecule has 1 rings (SSSR count). The molecule has 0 aliphatic carbocycles. The molecule has 1 aromatic rings. The van der Waals surface area contributed by atoms with Crippen molar-refractivity contribution in [1.29, 1.82) is 0 Å². The summed E-state index contributed by atoms with van der Waals surface area (Å²) in [5, 5.41) is 5.46. The molecule has 5 nitrogen and oxygen atoms in total. The predicted molar refractivity (Wildman–Crippen MR) is 73.8 cm³/mol. The maximum Gasteiger partial charge on any atom is 0.265 e. The summed E-state index contributed by atoms with van der Waals surface area (Å²) in [4.78, 5) is 11.4. The first-order valence-corrected chi connectivity index (χ1v) is 6.21. The molecule has 4 N–H and O–H groups in total. The van der Waals surface area contributed by atoms with E-state index in [1.165, 1.54) is 18.2 Å². The topological polar surface area (TPSA) is 76.4 Å². The minimum Gasteiger partial charge on any atom is -0.399 e. The van der Waals surface area contributed by atoms with Crippen LogP contribution in [0, 0.1) is 0 Å². The summed E-state index contributed by atoms with van der Waals surface area (Å²) in [6.45, 7) is 1.13. The molecule has 0 radical (unpaired) electrons. The number of halogens is 2. The summed E-state index contributed by atoms with van der Waals surface area (Å²) in [5.74, 6) is -0.163. The first-order chi connectivity index (χ1) is 9.54. The molecule has 0 heterocycles. The van der Waals surface area contributed by atoms with E-state index in [0.29, 0.717) is 18.8 Å². The number of amides is 1. The van der Waals surface area contributed by atoms with E-state index in [1.807, 2.05) is 0 Å². The molecule has 0 aliphatic heterocycles. The molecule has 1 aromatic carbocycles. The van der Waals surface area contributed by atoms with Gasteiger partial charge in [-0.25, -0.2) is 8.78 Å². The van der Waals surface area contributed by atoms with E-state index >= 15 is 0 Å². The number of rotatable bonds is 8. The van der Waals surface area contributed by atoms with Crippen molar-refractivity contribution in [3.63, 3.8) is 0 Å². The Morgan fingerprint density at radius 2 is 2.15 bits per heavy atom. The van der Waals surface area contributed by atoms with Crippen LogP contribution >= 0.6 is 0 Å². The van der Waals surface area contributed by atoms with Crippen molar-refractivity contribution >= 4 is 17.3 Å². The van der Waals surface area contributed by atoms with E-state index < -0.39 is 6.43 Å². The number of carbonyl (C=O) groups is 1. The van der Waals surface area contributed by atoms with Gasteiger partial charge in [-0.15, -0.1) is 0 Å². The molecular weight excluding hydrogens is 268 g/mol. The van der Waals surface area contributed by atoms with E-state index in [1.54, 1.807) is 7.11 Å². The summed E-state index contributed by atoms with van der Waals surface area (Å²) in [5.41, 5.74) is 5.88. The number of nitrogens with one attached hydrogen (secondary N) is 2. The van der Waals surface area contributed by atoms with Crippen molar-refractivity contribution in [2.45, 2.75) is 12.8 Å². The Kier molecular flexibility index (Phi) is 6.72. The van der Waals surface area contributed by atoms with Gasteiger partial charge in [-0.05, 0) is 18.2 Å². The normalized spacial score (nSPS) is 10.6. The summed E-state index contributed by atoms with van der Waals surface area (Å²) in [6, 6.07) is 4.25. The zero-order valence-corrected chi connectivity index (χ0v) is 11.3. The third-order valence-corrected chi connectivity index (χ3v) is 2.61. The van der Waals surface area contributed by atoms with Gasteiger partial charge in [0.2, 0.25) is 5.91 Å². The van der Waals surface area contributed by atoms with Gasteiger partial charge in [-0.3, -0.25) is 4.79 Å². The van der Waals surface area contributed by atoms with Crippen LogP contribution in [0.1, 0.15) is 18.4 Å². The zero-order valence-electron chi connectivity index (χ0n) is 11.3. The number of hydrogen-bond donors (Lipinski definition) is 3. The molecule has 0 spiro atoms. The molecule has 0 bridgehead atoms. The number of alkyl halides is 2. The highest BCUT2D eigenvalue weighted by molar-refractivity contribution is 5.76. The Morgan fingerprint density at radius 3 is 2.80 bits per heavy atom. The highest BCUT2D eigenvalue weighted by Gasteiger charge is 2.13. The molecule has 0 saturated carbocycles. The Hall–Kier alpha value is -1.89. The minimum atomic E-state index is -2.61. The second-order valence-electron chi connectivity index (χ2n) is 4.17. The lowest BCUT2D eigenvalue weighted by Crippen LogP contribution is -2.28. The molecule has 20 heavy (non-hydrogen) atoms. The minimum absolute atomic E-state index is 0.162. The fraction of sp³-hybridized carbons (Fsp3) is 0.462. The number of methoxy groups -OCH3 is 1. The molecule has 0 fully saturated rings. The van der Waals surface area contributed by atoms with Crippen LogP contribution in [0.3, 0.4) is 0 Å². The van der Waals surface area contributed by atoms with Gasteiger partial charge in [0.05, 0.1) is 6.61 Å². The van der Waals surface area contributed by atoms with Crippen LogP contribution in [0.5, 0.6) is 0 Å². The number of nitrogen functional groups attached to an aromatic ring is 1. The van der Waals surface area contributed by atoms with Crippen LogP contribution < -0.4 is 16.4 Å². The number of hydrogen-bond acceptors (Lipinski definition) is 4. The van der Waals surface area contributed by atoms with E-state index in [-0.39, 0.29) is 30.1 Å². The number of ether oxygens (including phenoxy) is 1. The van der Waals surface area contributed by atoms with Gasteiger partial charge >= 0.3 is 0 Å². The van der Waals surface area contributed by atoms with Crippen LogP contribution in [0.2, 0.25) is 0 Å². The predicted octanol–water partition coefficient (Wildman–Crippen LogP) is 1.77. The van der Waals surface area contributed by atoms with Crippen LogP contribution in [-0.2, 0) is 9.53 Å². The molecule has 0 saturated heterocycles. The second-order valence-corrected chi connectivity index (χ2v) is 4.17.